The van der Waals surface area contributed by atoms with E-state index in [0.29, 0.717) is 12.6 Å². The smallest absolute Gasteiger partial charge is 0.328 e. The topological polar surface area (TPSA) is 70.0 Å². The van der Waals surface area contributed by atoms with Gasteiger partial charge in [0.25, 0.3) is 0 Å². The molecule has 1 aliphatic heterocycles. The quantitative estimate of drug-likeness (QED) is 0.805. The van der Waals surface area contributed by atoms with Crippen LogP contribution in [0.25, 0.3) is 6.08 Å². The van der Waals surface area contributed by atoms with E-state index < -0.39 is 5.97 Å². The maximum atomic E-state index is 10.5. The lowest BCUT2D eigenvalue weighted by Crippen LogP contribution is -2.48. The predicted octanol–water partition coefficient (Wildman–Crippen LogP) is 1.43. The molecule has 1 aromatic rings. The number of aliphatic hydroxyl groups is 1. The standard InChI is InChI=1S/C14H19NO4S/c1-10-9-19-11(8-16)6-15(10)7-13-3-2-12(20-13)4-5-14(17)18/h2-5,10-11,16H,6-9H2,1H3,(H,17,18)/b5-4+. The normalized spacial score (nSPS) is 24.3. The highest BCUT2D eigenvalue weighted by molar-refractivity contribution is 7.12. The van der Waals surface area contributed by atoms with Gasteiger partial charge in [0.2, 0.25) is 0 Å². The Morgan fingerprint density at radius 3 is 3.10 bits per heavy atom. The number of ether oxygens (including phenoxy) is 1. The molecule has 1 fully saturated rings. The van der Waals surface area contributed by atoms with E-state index in [1.807, 2.05) is 12.1 Å². The number of nitrogens with zero attached hydrogens (tertiary/aromatic N) is 1. The summed E-state index contributed by atoms with van der Waals surface area (Å²) < 4.78 is 5.51. The zero-order valence-corrected chi connectivity index (χ0v) is 12.2. The van der Waals surface area contributed by atoms with Gasteiger partial charge in [-0.3, -0.25) is 4.90 Å². The number of rotatable bonds is 5. The Bertz CT molecular complexity index is 485. The number of thiophene rings is 1. The Balaban J connectivity index is 1.97. The maximum Gasteiger partial charge on any atom is 0.328 e. The largest absolute Gasteiger partial charge is 0.478 e. The molecular formula is C14H19NO4S. The van der Waals surface area contributed by atoms with Crippen molar-refractivity contribution >= 4 is 23.4 Å². The third kappa shape index (κ3) is 4.14. The summed E-state index contributed by atoms with van der Waals surface area (Å²) in [5, 5.41) is 17.8. The third-order valence-electron chi connectivity index (χ3n) is 3.27. The predicted molar refractivity (Wildman–Crippen MR) is 77.7 cm³/mol. The molecule has 1 saturated heterocycles. The van der Waals surface area contributed by atoms with Crippen molar-refractivity contribution in [2.24, 2.45) is 0 Å². The van der Waals surface area contributed by atoms with Crippen molar-refractivity contribution in [1.29, 1.82) is 0 Å². The van der Waals surface area contributed by atoms with Crippen molar-refractivity contribution in [1.82, 2.24) is 4.90 Å². The minimum atomic E-state index is -0.937. The monoisotopic (exact) mass is 297 g/mol. The number of carbonyl (C=O) groups is 1. The molecule has 2 unspecified atom stereocenters. The number of hydrogen-bond acceptors (Lipinski definition) is 5. The fraction of sp³-hybridized carbons (Fsp3) is 0.500. The molecule has 20 heavy (non-hydrogen) atoms. The molecule has 2 rings (SSSR count). The Hall–Kier alpha value is -1.21. The summed E-state index contributed by atoms with van der Waals surface area (Å²) in [5.41, 5.74) is 0. The lowest BCUT2D eigenvalue weighted by Gasteiger charge is -2.37. The molecule has 0 saturated carbocycles. The minimum Gasteiger partial charge on any atom is -0.478 e. The van der Waals surface area contributed by atoms with E-state index in [2.05, 4.69) is 11.8 Å². The Morgan fingerprint density at radius 1 is 1.60 bits per heavy atom. The van der Waals surface area contributed by atoms with Crippen LogP contribution >= 0.6 is 11.3 Å². The molecule has 0 aliphatic carbocycles. The summed E-state index contributed by atoms with van der Waals surface area (Å²) in [4.78, 5) is 14.9. The fourth-order valence-corrected chi connectivity index (χ4v) is 3.07. The van der Waals surface area contributed by atoms with Crippen LogP contribution in [0.5, 0.6) is 0 Å². The number of carboxylic acids is 1. The zero-order chi connectivity index (χ0) is 14.5. The molecule has 2 heterocycles. The van der Waals surface area contributed by atoms with Crippen molar-refractivity contribution in [2.75, 3.05) is 19.8 Å². The van der Waals surface area contributed by atoms with Gasteiger partial charge in [-0.1, -0.05) is 0 Å². The molecule has 1 aromatic heterocycles. The first-order valence-electron chi connectivity index (χ1n) is 6.54. The van der Waals surface area contributed by atoms with E-state index in [1.165, 1.54) is 4.88 Å². The Labute approximate surface area is 122 Å². The molecule has 6 heteroatoms. The van der Waals surface area contributed by atoms with Crippen LogP contribution in [-0.4, -0.2) is 53.0 Å². The minimum absolute atomic E-state index is 0.0419. The van der Waals surface area contributed by atoms with Gasteiger partial charge in [-0.15, -0.1) is 11.3 Å². The van der Waals surface area contributed by atoms with Crippen molar-refractivity contribution in [2.45, 2.75) is 25.6 Å². The van der Waals surface area contributed by atoms with E-state index in [-0.39, 0.29) is 12.7 Å². The average Bonchev–Trinajstić information content (AvgIpc) is 2.86. The van der Waals surface area contributed by atoms with Crippen LogP contribution in [0.2, 0.25) is 0 Å². The van der Waals surface area contributed by atoms with Crippen LogP contribution in [0, 0.1) is 0 Å². The van der Waals surface area contributed by atoms with Crippen molar-refractivity contribution in [3.8, 4) is 0 Å². The van der Waals surface area contributed by atoms with E-state index in [4.69, 9.17) is 9.84 Å². The Kier molecular flexibility index (Phi) is 5.31. The second kappa shape index (κ2) is 6.99. The van der Waals surface area contributed by atoms with Crippen LogP contribution in [-0.2, 0) is 16.1 Å². The summed E-state index contributed by atoms with van der Waals surface area (Å²) in [6.45, 7) is 4.29. The van der Waals surface area contributed by atoms with E-state index >= 15 is 0 Å². The molecule has 2 atom stereocenters. The summed E-state index contributed by atoms with van der Waals surface area (Å²) in [6.07, 6.45) is 2.64. The van der Waals surface area contributed by atoms with Gasteiger partial charge in [0.15, 0.2) is 0 Å². The fourth-order valence-electron chi connectivity index (χ4n) is 2.13. The van der Waals surface area contributed by atoms with Crippen LogP contribution in [0.15, 0.2) is 18.2 Å². The molecule has 0 bridgehead atoms. The van der Waals surface area contributed by atoms with Gasteiger partial charge in [0, 0.05) is 35.0 Å². The molecule has 2 N–H and O–H groups in total. The summed E-state index contributed by atoms with van der Waals surface area (Å²) in [5.74, 6) is -0.937. The molecule has 0 amide bonds. The lowest BCUT2D eigenvalue weighted by atomic mass is 10.2. The summed E-state index contributed by atoms with van der Waals surface area (Å²) in [7, 11) is 0. The van der Waals surface area contributed by atoms with Crippen LogP contribution < -0.4 is 0 Å². The first kappa shape index (κ1) is 15.2. The van der Waals surface area contributed by atoms with Gasteiger partial charge in [-0.25, -0.2) is 4.79 Å². The number of aliphatic carboxylic acids is 1. The molecule has 5 nitrogen and oxygen atoms in total. The first-order chi connectivity index (χ1) is 9.58. The van der Waals surface area contributed by atoms with Crippen molar-refractivity contribution < 1.29 is 19.7 Å². The first-order valence-corrected chi connectivity index (χ1v) is 7.36. The molecule has 1 aliphatic rings. The third-order valence-corrected chi connectivity index (χ3v) is 4.31. The lowest BCUT2D eigenvalue weighted by molar-refractivity contribution is -0.131. The van der Waals surface area contributed by atoms with Gasteiger partial charge in [-0.2, -0.15) is 0 Å². The number of aliphatic hydroxyl groups excluding tert-OH is 1. The van der Waals surface area contributed by atoms with Gasteiger partial charge in [0.05, 0.1) is 19.3 Å². The number of morpholine rings is 1. The van der Waals surface area contributed by atoms with Crippen molar-refractivity contribution in [3.05, 3.63) is 28.0 Å². The Morgan fingerprint density at radius 2 is 2.40 bits per heavy atom. The second-order valence-corrected chi connectivity index (χ2v) is 6.09. The van der Waals surface area contributed by atoms with Gasteiger partial charge >= 0.3 is 5.97 Å². The van der Waals surface area contributed by atoms with Gasteiger partial charge < -0.3 is 14.9 Å². The number of carboxylic acid groups (broad SMARTS) is 1. The van der Waals surface area contributed by atoms with E-state index in [9.17, 15) is 9.90 Å². The highest BCUT2D eigenvalue weighted by Crippen LogP contribution is 2.22. The van der Waals surface area contributed by atoms with E-state index in [0.717, 1.165) is 24.0 Å². The molecular weight excluding hydrogens is 278 g/mol. The number of hydrogen-bond donors (Lipinski definition) is 2. The van der Waals surface area contributed by atoms with Crippen LogP contribution in [0.1, 0.15) is 16.7 Å². The second-order valence-electron chi connectivity index (χ2n) is 4.89. The SMILES string of the molecule is CC1COC(CO)CN1Cc1ccc(/C=C/C(=O)O)s1. The van der Waals surface area contributed by atoms with E-state index in [1.54, 1.807) is 17.4 Å². The molecule has 0 aromatic carbocycles. The molecule has 0 radical (unpaired) electrons. The highest BCUT2D eigenvalue weighted by Gasteiger charge is 2.25. The van der Waals surface area contributed by atoms with Crippen LogP contribution in [0.3, 0.4) is 0 Å². The highest BCUT2D eigenvalue weighted by atomic mass is 32.1. The summed E-state index contributed by atoms with van der Waals surface area (Å²) in [6, 6.07) is 4.26. The zero-order valence-electron chi connectivity index (χ0n) is 11.4. The molecule has 0 spiro atoms. The van der Waals surface area contributed by atoms with Gasteiger partial charge in [-0.05, 0) is 25.1 Å². The summed E-state index contributed by atoms with van der Waals surface area (Å²) >= 11 is 1.58. The molecule has 110 valence electrons. The van der Waals surface area contributed by atoms with Crippen LogP contribution in [0.4, 0.5) is 0 Å². The average molecular weight is 297 g/mol. The van der Waals surface area contributed by atoms with Crippen molar-refractivity contribution in [3.63, 3.8) is 0 Å². The maximum absolute atomic E-state index is 10.5. The van der Waals surface area contributed by atoms with Gasteiger partial charge in [0.1, 0.15) is 0 Å².